The summed E-state index contributed by atoms with van der Waals surface area (Å²) in [6.45, 7) is 6.57. The van der Waals surface area contributed by atoms with Crippen molar-refractivity contribution in [1.82, 2.24) is 14.7 Å². The Morgan fingerprint density at radius 1 is 1.27 bits per heavy atom. The molecule has 0 spiro atoms. The van der Waals surface area contributed by atoms with Gasteiger partial charge in [0.1, 0.15) is 0 Å². The first kappa shape index (κ1) is 10.9. The summed E-state index contributed by atoms with van der Waals surface area (Å²) in [5.41, 5.74) is 0. The molecule has 2 rings (SSSR count). The van der Waals surface area contributed by atoms with Crippen LogP contribution in [0, 0.1) is 0 Å². The lowest BCUT2D eigenvalue weighted by Gasteiger charge is -2.47. The van der Waals surface area contributed by atoms with E-state index in [9.17, 15) is 4.79 Å². The number of hydrogen-bond donors (Lipinski definition) is 1. The molecule has 86 valence electrons. The summed E-state index contributed by atoms with van der Waals surface area (Å²) in [6, 6.07) is 0.595. The highest BCUT2D eigenvalue weighted by atomic mass is 16.4. The average molecular weight is 213 g/mol. The molecule has 0 aromatic heterocycles. The maximum Gasteiger partial charge on any atom is 0.317 e. The van der Waals surface area contributed by atoms with Crippen LogP contribution in [-0.4, -0.2) is 84.7 Å². The van der Waals surface area contributed by atoms with Crippen LogP contribution >= 0.6 is 0 Å². The molecule has 1 N–H and O–H groups in total. The summed E-state index contributed by atoms with van der Waals surface area (Å²) in [4.78, 5) is 17.3. The molecule has 2 heterocycles. The Balaban J connectivity index is 1.68. The van der Waals surface area contributed by atoms with Gasteiger partial charge in [-0.2, -0.15) is 0 Å². The van der Waals surface area contributed by atoms with Gasteiger partial charge in [0, 0.05) is 45.3 Å². The molecule has 0 aromatic carbocycles. The van der Waals surface area contributed by atoms with Crippen molar-refractivity contribution in [3.8, 4) is 0 Å². The molecule has 5 heteroatoms. The van der Waals surface area contributed by atoms with Crippen molar-refractivity contribution in [2.24, 2.45) is 0 Å². The van der Waals surface area contributed by atoms with E-state index in [2.05, 4.69) is 16.8 Å². The molecule has 0 bridgehead atoms. The van der Waals surface area contributed by atoms with E-state index in [1.165, 1.54) is 0 Å². The SMILES string of the molecule is CN1CCN(C2CN(CC(=O)O)C2)CC1. The molecular formula is C10H19N3O2. The van der Waals surface area contributed by atoms with E-state index in [1.807, 2.05) is 4.90 Å². The van der Waals surface area contributed by atoms with Crippen molar-refractivity contribution < 1.29 is 9.90 Å². The van der Waals surface area contributed by atoms with E-state index < -0.39 is 5.97 Å². The molecule has 0 aromatic rings. The number of carboxylic acids is 1. The number of aliphatic carboxylic acids is 1. The number of nitrogens with zero attached hydrogens (tertiary/aromatic N) is 3. The standard InChI is InChI=1S/C10H19N3O2/c1-11-2-4-13(5-3-11)9-6-12(7-9)8-10(14)15/h9H,2-8H2,1H3,(H,14,15). The van der Waals surface area contributed by atoms with E-state index in [-0.39, 0.29) is 6.54 Å². The van der Waals surface area contributed by atoms with Crippen LogP contribution in [0.3, 0.4) is 0 Å². The quantitative estimate of drug-likeness (QED) is 0.652. The zero-order valence-corrected chi connectivity index (χ0v) is 9.22. The Hall–Kier alpha value is -0.650. The molecule has 0 unspecified atom stereocenters. The minimum atomic E-state index is -0.716. The van der Waals surface area contributed by atoms with E-state index in [1.54, 1.807) is 0 Å². The van der Waals surface area contributed by atoms with Crippen molar-refractivity contribution in [1.29, 1.82) is 0 Å². The summed E-state index contributed by atoms with van der Waals surface area (Å²) in [5, 5.41) is 8.62. The minimum Gasteiger partial charge on any atom is -0.480 e. The van der Waals surface area contributed by atoms with Crippen LogP contribution in [0.15, 0.2) is 0 Å². The highest BCUT2D eigenvalue weighted by molar-refractivity contribution is 5.69. The Bertz CT molecular complexity index is 233. The first-order valence-electron chi connectivity index (χ1n) is 5.52. The fourth-order valence-electron chi connectivity index (χ4n) is 2.28. The van der Waals surface area contributed by atoms with Gasteiger partial charge in [-0.25, -0.2) is 0 Å². The van der Waals surface area contributed by atoms with Crippen molar-refractivity contribution in [3.05, 3.63) is 0 Å². The second kappa shape index (κ2) is 4.47. The van der Waals surface area contributed by atoms with Crippen LogP contribution in [0.1, 0.15) is 0 Å². The van der Waals surface area contributed by atoms with Crippen LogP contribution < -0.4 is 0 Å². The van der Waals surface area contributed by atoms with Crippen molar-refractivity contribution >= 4 is 5.97 Å². The van der Waals surface area contributed by atoms with Crippen molar-refractivity contribution in [2.75, 3.05) is 52.9 Å². The lowest BCUT2D eigenvalue weighted by atomic mass is 10.1. The highest BCUT2D eigenvalue weighted by Gasteiger charge is 2.33. The number of rotatable bonds is 3. The molecule has 0 aliphatic carbocycles. The van der Waals surface area contributed by atoms with Gasteiger partial charge < -0.3 is 10.0 Å². The summed E-state index contributed by atoms with van der Waals surface area (Å²) in [5.74, 6) is -0.716. The average Bonchev–Trinajstić information content (AvgIpc) is 2.12. The third-order valence-corrected chi connectivity index (χ3v) is 3.35. The normalized spacial score (nSPS) is 26.5. The predicted molar refractivity (Wildman–Crippen MR) is 56.9 cm³/mol. The number of carboxylic acid groups (broad SMARTS) is 1. The lowest BCUT2D eigenvalue weighted by molar-refractivity contribution is -0.140. The molecule has 0 atom stereocenters. The number of carbonyl (C=O) groups is 1. The van der Waals surface area contributed by atoms with Gasteiger partial charge in [-0.15, -0.1) is 0 Å². The molecule has 2 saturated heterocycles. The second-order valence-electron chi connectivity index (χ2n) is 4.58. The van der Waals surface area contributed by atoms with Gasteiger partial charge in [0.05, 0.1) is 6.54 Å². The zero-order valence-electron chi connectivity index (χ0n) is 9.22. The van der Waals surface area contributed by atoms with E-state index >= 15 is 0 Å². The Morgan fingerprint density at radius 2 is 1.87 bits per heavy atom. The minimum absolute atomic E-state index is 0.199. The van der Waals surface area contributed by atoms with Gasteiger partial charge in [0.15, 0.2) is 0 Å². The molecule has 0 amide bonds. The van der Waals surface area contributed by atoms with E-state index in [0.29, 0.717) is 6.04 Å². The monoisotopic (exact) mass is 213 g/mol. The van der Waals surface area contributed by atoms with Gasteiger partial charge in [-0.3, -0.25) is 14.6 Å². The summed E-state index contributed by atoms with van der Waals surface area (Å²) in [7, 11) is 2.15. The number of piperazine rings is 1. The smallest absolute Gasteiger partial charge is 0.317 e. The molecule has 2 aliphatic heterocycles. The zero-order chi connectivity index (χ0) is 10.8. The van der Waals surface area contributed by atoms with Gasteiger partial charge >= 0.3 is 5.97 Å². The predicted octanol–water partition coefficient (Wildman–Crippen LogP) is -0.997. The fraction of sp³-hybridized carbons (Fsp3) is 0.900. The van der Waals surface area contributed by atoms with Crippen molar-refractivity contribution in [3.63, 3.8) is 0 Å². The van der Waals surface area contributed by atoms with Gasteiger partial charge in [-0.1, -0.05) is 0 Å². The maximum atomic E-state index is 10.5. The van der Waals surface area contributed by atoms with Gasteiger partial charge in [-0.05, 0) is 7.05 Å². The topological polar surface area (TPSA) is 47.0 Å². The second-order valence-corrected chi connectivity index (χ2v) is 4.58. The summed E-state index contributed by atoms with van der Waals surface area (Å²) < 4.78 is 0. The summed E-state index contributed by atoms with van der Waals surface area (Å²) in [6.07, 6.45) is 0. The third-order valence-electron chi connectivity index (χ3n) is 3.35. The Kier molecular flexibility index (Phi) is 3.23. The highest BCUT2D eigenvalue weighted by Crippen LogP contribution is 2.15. The number of likely N-dealkylation sites (tertiary alicyclic amines) is 1. The fourth-order valence-corrected chi connectivity index (χ4v) is 2.28. The van der Waals surface area contributed by atoms with E-state index in [0.717, 1.165) is 39.3 Å². The van der Waals surface area contributed by atoms with Crippen LogP contribution in [0.5, 0.6) is 0 Å². The van der Waals surface area contributed by atoms with Crippen LogP contribution in [0.4, 0.5) is 0 Å². The molecule has 2 fully saturated rings. The van der Waals surface area contributed by atoms with Crippen LogP contribution in [0.2, 0.25) is 0 Å². The molecule has 0 saturated carbocycles. The van der Waals surface area contributed by atoms with Gasteiger partial charge in [0.25, 0.3) is 0 Å². The molecule has 2 aliphatic rings. The lowest BCUT2D eigenvalue weighted by Crippen LogP contribution is -2.63. The summed E-state index contributed by atoms with van der Waals surface area (Å²) >= 11 is 0. The first-order valence-corrected chi connectivity index (χ1v) is 5.52. The number of likely N-dealkylation sites (N-methyl/N-ethyl adjacent to an activating group) is 1. The van der Waals surface area contributed by atoms with Crippen molar-refractivity contribution in [2.45, 2.75) is 6.04 Å². The molecule has 5 nitrogen and oxygen atoms in total. The van der Waals surface area contributed by atoms with Crippen LogP contribution in [0.25, 0.3) is 0 Å². The van der Waals surface area contributed by atoms with E-state index in [4.69, 9.17) is 5.11 Å². The van der Waals surface area contributed by atoms with Crippen LogP contribution in [-0.2, 0) is 4.79 Å². The molecule has 15 heavy (non-hydrogen) atoms. The third kappa shape index (κ3) is 2.68. The van der Waals surface area contributed by atoms with Gasteiger partial charge in [0.2, 0.25) is 0 Å². The molecule has 0 radical (unpaired) electrons. The first-order chi connectivity index (χ1) is 7.15. The largest absolute Gasteiger partial charge is 0.480 e. The number of hydrogen-bond acceptors (Lipinski definition) is 4. The Labute approximate surface area is 90.2 Å². The maximum absolute atomic E-state index is 10.5. The molecular weight excluding hydrogens is 194 g/mol. The Morgan fingerprint density at radius 3 is 2.40 bits per heavy atom.